The topological polar surface area (TPSA) is 41.6 Å². The molecule has 2 saturated heterocycles. The van der Waals surface area contributed by atoms with Gasteiger partial charge < -0.3 is 15.0 Å². The predicted molar refractivity (Wildman–Crippen MR) is 53.1 cm³/mol. The average Bonchev–Trinajstić information content (AvgIpc) is 2.49. The molecule has 0 bridgehead atoms. The molecule has 1 amide bonds. The van der Waals surface area contributed by atoms with Gasteiger partial charge in [-0.3, -0.25) is 0 Å². The molecular weight excluding hydrogens is 180 g/mol. The first-order valence-corrected chi connectivity index (χ1v) is 5.26. The van der Waals surface area contributed by atoms with Crippen LogP contribution in [0.25, 0.3) is 0 Å². The van der Waals surface area contributed by atoms with E-state index in [4.69, 9.17) is 4.74 Å². The van der Waals surface area contributed by atoms with E-state index >= 15 is 0 Å². The van der Waals surface area contributed by atoms with Crippen LogP contribution in [0.2, 0.25) is 0 Å². The number of likely N-dealkylation sites (N-methyl/N-ethyl adjacent to an activating group) is 1. The van der Waals surface area contributed by atoms with E-state index in [0.717, 1.165) is 13.1 Å². The van der Waals surface area contributed by atoms with Gasteiger partial charge in [-0.2, -0.15) is 0 Å². The molecular formula is C10H18N2O2. The Morgan fingerprint density at radius 3 is 2.93 bits per heavy atom. The van der Waals surface area contributed by atoms with Crippen LogP contribution in [0.1, 0.15) is 19.8 Å². The van der Waals surface area contributed by atoms with Crippen LogP contribution in [0, 0.1) is 5.92 Å². The zero-order valence-corrected chi connectivity index (χ0v) is 8.88. The van der Waals surface area contributed by atoms with Gasteiger partial charge in [-0.05, 0) is 32.2 Å². The van der Waals surface area contributed by atoms with Gasteiger partial charge in [0.15, 0.2) is 0 Å². The molecule has 14 heavy (non-hydrogen) atoms. The summed E-state index contributed by atoms with van der Waals surface area (Å²) in [5.41, 5.74) is -0.107. The van der Waals surface area contributed by atoms with Crippen molar-refractivity contribution in [2.24, 2.45) is 5.92 Å². The van der Waals surface area contributed by atoms with Crippen LogP contribution in [0.15, 0.2) is 0 Å². The zero-order chi connectivity index (χ0) is 10.2. The number of amides is 1. The van der Waals surface area contributed by atoms with Gasteiger partial charge in [0, 0.05) is 13.6 Å². The monoisotopic (exact) mass is 198 g/mol. The number of piperidine rings is 1. The highest BCUT2D eigenvalue weighted by Gasteiger charge is 2.46. The molecule has 0 aliphatic carbocycles. The van der Waals surface area contributed by atoms with Crippen LogP contribution in [-0.2, 0) is 4.74 Å². The molecule has 2 aliphatic rings. The summed E-state index contributed by atoms with van der Waals surface area (Å²) in [5, 5.41) is 3.38. The molecule has 2 heterocycles. The highest BCUT2D eigenvalue weighted by Crippen LogP contribution is 2.33. The van der Waals surface area contributed by atoms with E-state index in [2.05, 4.69) is 12.2 Å². The van der Waals surface area contributed by atoms with Crippen molar-refractivity contribution < 1.29 is 9.53 Å². The second kappa shape index (κ2) is 3.42. The summed E-state index contributed by atoms with van der Waals surface area (Å²) in [6.07, 6.45) is 2.20. The standard InChI is InChI=1S/C10H18N2O2/c1-10(7-14-9(13)12(10)2)8-4-3-5-11-6-8/h8,11H,3-7H2,1-2H3. The predicted octanol–water partition coefficient (Wildman–Crippen LogP) is 0.827. The molecule has 0 saturated carbocycles. The average molecular weight is 198 g/mol. The van der Waals surface area contributed by atoms with Crippen molar-refractivity contribution in [2.45, 2.75) is 25.3 Å². The van der Waals surface area contributed by atoms with E-state index in [1.54, 1.807) is 4.90 Å². The lowest BCUT2D eigenvalue weighted by Crippen LogP contribution is -2.53. The molecule has 2 fully saturated rings. The van der Waals surface area contributed by atoms with Gasteiger partial charge in [-0.1, -0.05) is 0 Å². The SMILES string of the molecule is CN1C(=O)OCC1(C)C1CCCNC1. The number of rotatable bonds is 1. The van der Waals surface area contributed by atoms with Crippen LogP contribution >= 0.6 is 0 Å². The molecule has 4 nitrogen and oxygen atoms in total. The second-order valence-corrected chi connectivity index (χ2v) is 4.51. The van der Waals surface area contributed by atoms with Crippen molar-refractivity contribution >= 4 is 6.09 Å². The number of carbonyl (C=O) groups is 1. The molecule has 2 aliphatic heterocycles. The van der Waals surface area contributed by atoms with Crippen LogP contribution in [0.5, 0.6) is 0 Å². The molecule has 2 unspecified atom stereocenters. The van der Waals surface area contributed by atoms with Crippen molar-refractivity contribution in [3.8, 4) is 0 Å². The van der Waals surface area contributed by atoms with Gasteiger partial charge in [0.25, 0.3) is 0 Å². The van der Waals surface area contributed by atoms with Crippen molar-refractivity contribution in [2.75, 3.05) is 26.7 Å². The van der Waals surface area contributed by atoms with Crippen molar-refractivity contribution in [1.29, 1.82) is 0 Å². The number of nitrogens with one attached hydrogen (secondary N) is 1. The lowest BCUT2D eigenvalue weighted by atomic mass is 9.81. The number of ether oxygens (including phenoxy) is 1. The van der Waals surface area contributed by atoms with E-state index in [1.165, 1.54) is 12.8 Å². The Kier molecular flexibility index (Phi) is 2.39. The molecule has 4 heteroatoms. The van der Waals surface area contributed by atoms with E-state index in [1.807, 2.05) is 7.05 Å². The normalized spacial score (nSPS) is 38.6. The highest BCUT2D eigenvalue weighted by molar-refractivity contribution is 5.70. The van der Waals surface area contributed by atoms with Crippen LogP contribution in [-0.4, -0.2) is 43.3 Å². The summed E-state index contributed by atoms with van der Waals surface area (Å²) in [5.74, 6) is 0.521. The van der Waals surface area contributed by atoms with Crippen LogP contribution in [0.3, 0.4) is 0 Å². The van der Waals surface area contributed by atoms with Crippen molar-refractivity contribution in [3.05, 3.63) is 0 Å². The number of hydrogen-bond acceptors (Lipinski definition) is 3. The maximum absolute atomic E-state index is 11.3. The molecule has 2 rings (SSSR count). The quantitative estimate of drug-likeness (QED) is 0.678. The molecule has 1 N–H and O–H groups in total. The molecule has 0 aromatic carbocycles. The van der Waals surface area contributed by atoms with Gasteiger partial charge >= 0.3 is 6.09 Å². The molecule has 0 aromatic rings. The molecule has 0 aromatic heterocycles. The van der Waals surface area contributed by atoms with Gasteiger partial charge in [0.1, 0.15) is 6.61 Å². The largest absolute Gasteiger partial charge is 0.447 e. The van der Waals surface area contributed by atoms with Gasteiger partial charge in [-0.25, -0.2) is 4.79 Å². The Bertz CT molecular complexity index is 238. The van der Waals surface area contributed by atoms with Crippen molar-refractivity contribution in [3.63, 3.8) is 0 Å². The molecule has 80 valence electrons. The van der Waals surface area contributed by atoms with E-state index in [0.29, 0.717) is 12.5 Å². The fraction of sp³-hybridized carbons (Fsp3) is 0.900. The Hall–Kier alpha value is -0.770. The second-order valence-electron chi connectivity index (χ2n) is 4.51. The third-order valence-electron chi connectivity index (χ3n) is 3.70. The fourth-order valence-electron chi connectivity index (χ4n) is 2.38. The van der Waals surface area contributed by atoms with Gasteiger partial charge in [0.2, 0.25) is 0 Å². The molecule has 2 atom stereocenters. The minimum absolute atomic E-state index is 0.107. The van der Waals surface area contributed by atoms with Gasteiger partial charge in [0.05, 0.1) is 5.54 Å². The first kappa shape index (κ1) is 9.77. The number of hydrogen-bond donors (Lipinski definition) is 1. The zero-order valence-electron chi connectivity index (χ0n) is 8.88. The van der Waals surface area contributed by atoms with E-state index < -0.39 is 0 Å². The highest BCUT2D eigenvalue weighted by atomic mass is 16.6. The van der Waals surface area contributed by atoms with Crippen molar-refractivity contribution in [1.82, 2.24) is 10.2 Å². The summed E-state index contributed by atoms with van der Waals surface area (Å²) in [4.78, 5) is 13.1. The number of cyclic esters (lactones) is 1. The Morgan fingerprint density at radius 2 is 2.43 bits per heavy atom. The summed E-state index contributed by atoms with van der Waals surface area (Å²) < 4.78 is 5.09. The summed E-state index contributed by atoms with van der Waals surface area (Å²) >= 11 is 0. The summed E-state index contributed by atoms with van der Waals surface area (Å²) in [6, 6.07) is 0. The Morgan fingerprint density at radius 1 is 1.64 bits per heavy atom. The first-order valence-electron chi connectivity index (χ1n) is 5.26. The first-order chi connectivity index (χ1) is 6.64. The smallest absolute Gasteiger partial charge is 0.410 e. The van der Waals surface area contributed by atoms with E-state index in [-0.39, 0.29) is 11.6 Å². The lowest BCUT2D eigenvalue weighted by Gasteiger charge is -2.39. The molecule has 0 radical (unpaired) electrons. The summed E-state index contributed by atoms with van der Waals surface area (Å²) in [6.45, 7) is 4.76. The van der Waals surface area contributed by atoms with Gasteiger partial charge in [-0.15, -0.1) is 0 Å². The molecule has 0 spiro atoms. The van der Waals surface area contributed by atoms with Crippen LogP contribution in [0.4, 0.5) is 4.79 Å². The number of carbonyl (C=O) groups excluding carboxylic acids is 1. The minimum atomic E-state index is -0.182. The summed E-state index contributed by atoms with van der Waals surface area (Å²) in [7, 11) is 1.84. The third kappa shape index (κ3) is 1.38. The maximum Gasteiger partial charge on any atom is 0.410 e. The maximum atomic E-state index is 11.3. The Balaban J connectivity index is 2.10. The number of nitrogens with zero attached hydrogens (tertiary/aromatic N) is 1. The fourth-order valence-corrected chi connectivity index (χ4v) is 2.38. The van der Waals surface area contributed by atoms with Crippen LogP contribution < -0.4 is 5.32 Å². The Labute approximate surface area is 84.6 Å². The third-order valence-corrected chi connectivity index (χ3v) is 3.70. The minimum Gasteiger partial charge on any atom is -0.447 e. The van der Waals surface area contributed by atoms with E-state index in [9.17, 15) is 4.79 Å². The lowest BCUT2D eigenvalue weighted by molar-refractivity contribution is 0.115.